The van der Waals surface area contributed by atoms with Crippen molar-refractivity contribution in [1.82, 2.24) is 24.7 Å². The topological polar surface area (TPSA) is 56.5 Å². The quantitative estimate of drug-likeness (QED) is 0.689. The van der Waals surface area contributed by atoms with Gasteiger partial charge in [-0.1, -0.05) is 0 Å². The van der Waals surface area contributed by atoms with Gasteiger partial charge >= 0.3 is 0 Å². The second-order valence-electron chi connectivity index (χ2n) is 4.42. The van der Waals surface area contributed by atoms with Crippen LogP contribution in [-0.2, 0) is 0 Å². The van der Waals surface area contributed by atoms with E-state index in [9.17, 15) is 0 Å². The third kappa shape index (κ3) is 1.73. The van der Waals surface area contributed by atoms with Gasteiger partial charge in [-0.2, -0.15) is 0 Å². The van der Waals surface area contributed by atoms with Crippen molar-refractivity contribution in [3.8, 4) is 11.4 Å². The Hall–Kier alpha value is -2.30. The first-order valence-electron chi connectivity index (χ1n) is 5.86. The molecule has 2 aromatic heterocycles. The van der Waals surface area contributed by atoms with Crippen LogP contribution in [-0.4, -0.2) is 24.7 Å². The molecule has 5 nitrogen and oxygen atoms in total. The summed E-state index contributed by atoms with van der Waals surface area (Å²) < 4.78 is 2.04. The molecule has 3 aromatic rings. The molecule has 0 aliphatic heterocycles. The van der Waals surface area contributed by atoms with E-state index in [1.807, 2.05) is 22.8 Å². The van der Waals surface area contributed by atoms with E-state index in [-0.39, 0.29) is 0 Å². The minimum absolute atomic E-state index is 0.326. The predicted octanol–water partition coefficient (Wildman–Crippen LogP) is 2.47. The molecule has 0 aliphatic carbocycles. The van der Waals surface area contributed by atoms with Gasteiger partial charge in [-0.15, -0.1) is 10.2 Å². The number of fused-ring (bicyclic) bond motifs is 1. The van der Waals surface area contributed by atoms with E-state index < -0.39 is 0 Å². The average Bonchev–Trinajstić information content (AvgIpc) is 2.87. The van der Waals surface area contributed by atoms with Crippen molar-refractivity contribution in [1.29, 1.82) is 0 Å². The van der Waals surface area contributed by atoms with Crippen molar-refractivity contribution >= 4 is 11.0 Å². The molecule has 0 bridgehead atoms. The molecule has 90 valence electrons. The highest BCUT2D eigenvalue weighted by Gasteiger charge is 2.10. The highest BCUT2D eigenvalue weighted by atomic mass is 15.3. The molecular formula is C13H13N5. The van der Waals surface area contributed by atoms with Gasteiger partial charge in [0.1, 0.15) is 6.33 Å². The van der Waals surface area contributed by atoms with E-state index in [0.717, 1.165) is 22.4 Å². The molecule has 0 aliphatic rings. The fraction of sp³-hybridized carbons (Fsp3) is 0.231. The number of hydrogen-bond acceptors (Lipinski definition) is 4. The van der Waals surface area contributed by atoms with Crippen molar-refractivity contribution < 1.29 is 0 Å². The van der Waals surface area contributed by atoms with Gasteiger partial charge < -0.3 is 4.57 Å². The summed E-state index contributed by atoms with van der Waals surface area (Å²) in [5.74, 6) is 0.859. The minimum atomic E-state index is 0.326. The molecule has 0 fully saturated rings. The van der Waals surface area contributed by atoms with Gasteiger partial charge in [0.25, 0.3) is 0 Å². The van der Waals surface area contributed by atoms with Gasteiger partial charge in [0.2, 0.25) is 0 Å². The zero-order chi connectivity index (χ0) is 12.5. The van der Waals surface area contributed by atoms with Crippen molar-refractivity contribution in [2.45, 2.75) is 19.9 Å². The van der Waals surface area contributed by atoms with Crippen molar-refractivity contribution in [2.75, 3.05) is 0 Å². The molecule has 0 spiro atoms. The van der Waals surface area contributed by atoms with E-state index in [2.05, 4.69) is 34.0 Å². The Morgan fingerprint density at radius 1 is 1.06 bits per heavy atom. The van der Waals surface area contributed by atoms with Crippen LogP contribution in [0.3, 0.4) is 0 Å². The average molecular weight is 239 g/mol. The van der Waals surface area contributed by atoms with Gasteiger partial charge in [0.15, 0.2) is 5.82 Å². The molecule has 0 unspecified atom stereocenters. The summed E-state index contributed by atoms with van der Waals surface area (Å²) in [6.45, 7) is 4.21. The Kier molecular flexibility index (Phi) is 2.51. The molecule has 2 heterocycles. The maximum atomic E-state index is 4.31. The number of aromatic nitrogens is 5. The van der Waals surface area contributed by atoms with E-state index in [1.165, 1.54) is 0 Å². The smallest absolute Gasteiger partial charge is 0.164 e. The fourth-order valence-electron chi connectivity index (χ4n) is 1.93. The molecule has 0 N–H and O–H groups in total. The standard InChI is InChI=1S/C13H13N5/c1-9(2)18-8-16-17-13(18)10-3-4-11-12(7-10)15-6-5-14-11/h3-9H,1-2H3. The first kappa shape index (κ1) is 10.8. The highest BCUT2D eigenvalue weighted by molar-refractivity contribution is 5.79. The summed E-state index contributed by atoms with van der Waals surface area (Å²) in [7, 11) is 0. The van der Waals surface area contributed by atoms with Gasteiger partial charge in [-0.3, -0.25) is 9.97 Å². The number of nitrogens with zero attached hydrogens (tertiary/aromatic N) is 5. The van der Waals surface area contributed by atoms with Gasteiger partial charge in [-0.25, -0.2) is 0 Å². The molecule has 3 rings (SSSR count). The summed E-state index contributed by atoms with van der Waals surface area (Å²) in [5, 5.41) is 8.16. The summed E-state index contributed by atoms with van der Waals surface area (Å²) in [5.41, 5.74) is 2.76. The molecule has 0 amide bonds. The van der Waals surface area contributed by atoms with Crippen LogP contribution in [0.15, 0.2) is 36.9 Å². The second-order valence-corrected chi connectivity index (χ2v) is 4.42. The fourth-order valence-corrected chi connectivity index (χ4v) is 1.93. The summed E-state index contributed by atoms with van der Waals surface area (Å²) in [6, 6.07) is 6.27. The molecule has 0 atom stereocenters. The third-order valence-electron chi connectivity index (χ3n) is 2.86. The van der Waals surface area contributed by atoms with Crippen molar-refractivity contribution in [3.63, 3.8) is 0 Å². The van der Waals surface area contributed by atoms with E-state index in [0.29, 0.717) is 6.04 Å². The van der Waals surface area contributed by atoms with Crippen LogP contribution in [0, 0.1) is 0 Å². The molecule has 18 heavy (non-hydrogen) atoms. The normalized spacial score (nSPS) is 11.3. The Morgan fingerprint density at radius 3 is 2.61 bits per heavy atom. The lowest BCUT2D eigenvalue weighted by molar-refractivity contribution is 0.604. The maximum absolute atomic E-state index is 4.31. The SMILES string of the molecule is CC(C)n1cnnc1-c1ccc2nccnc2c1. The van der Waals surface area contributed by atoms with Crippen LogP contribution in [0.5, 0.6) is 0 Å². The number of rotatable bonds is 2. The van der Waals surface area contributed by atoms with Crippen LogP contribution < -0.4 is 0 Å². The largest absolute Gasteiger partial charge is 0.311 e. The molecular weight excluding hydrogens is 226 g/mol. The summed E-state index contributed by atoms with van der Waals surface area (Å²) >= 11 is 0. The molecule has 0 saturated carbocycles. The van der Waals surface area contributed by atoms with Crippen LogP contribution in [0.1, 0.15) is 19.9 Å². The lowest BCUT2D eigenvalue weighted by atomic mass is 10.1. The monoisotopic (exact) mass is 239 g/mol. The van der Waals surface area contributed by atoms with Gasteiger partial charge in [0.05, 0.1) is 11.0 Å². The predicted molar refractivity (Wildman–Crippen MR) is 68.9 cm³/mol. The molecule has 0 saturated heterocycles. The van der Waals surface area contributed by atoms with Gasteiger partial charge in [0, 0.05) is 24.0 Å². The zero-order valence-electron chi connectivity index (χ0n) is 10.3. The molecule has 1 aromatic carbocycles. The second kappa shape index (κ2) is 4.18. The summed E-state index contributed by atoms with van der Waals surface area (Å²) in [6.07, 6.45) is 5.14. The highest BCUT2D eigenvalue weighted by Crippen LogP contribution is 2.22. The van der Waals surface area contributed by atoms with Gasteiger partial charge in [-0.05, 0) is 32.0 Å². The van der Waals surface area contributed by atoms with Crippen molar-refractivity contribution in [3.05, 3.63) is 36.9 Å². The van der Waals surface area contributed by atoms with Crippen molar-refractivity contribution in [2.24, 2.45) is 0 Å². The Bertz CT molecular complexity index is 686. The first-order chi connectivity index (χ1) is 8.75. The minimum Gasteiger partial charge on any atom is -0.311 e. The first-order valence-corrected chi connectivity index (χ1v) is 5.86. The van der Waals surface area contributed by atoms with Crippen LogP contribution in [0.4, 0.5) is 0 Å². The summed E-state index contributed by atoms with van der Waals surface area (Å²) in [4.78, 5) is 8.56. The number of benzene rings is 1. The molecule has 0 radical (unpaired) electrons. The zero-order valence-corrected chi connectivity index (χ0v) is 10.3. The van der Waals surface area contributed by atoms with E-state index in [1.54, 1.807) is 18.7 Å². The Labute approximate surface area is 105 Å². The lowest BCUT2D eigenvalue weighted by Crippen LogP contribution is -2.01. The van der Waals surface area contributed by atoms with Crippen LogP contribution in [0.25, 0.3) is 22.4 Å². The number of hydrogen-bond donors (Lipinski definition) is 0. The lowest BCUT2D eigenvalue weighted by Gasteiger charge is -2.10. The van der Waals surface area contributed by atoms with Crippen LogP contribution >= 0.6 is 0 Å². The third-order valence-corrected chi connectivity index (χ3v) is 2.86. The Balaban J connectivity index is 2.16. The van der Waals surface area contributed by atoms with Crippen LogP contribution in [0.2, 0.25) is 0 Å². The van der Waals surface area contributed by atoms with E-state index in [4.69, 9.17) is 0 Å². The Morgan fingerprint density at radius 2 is 1.83 bits per heavy atom. The molecule has 5 heteroatoms. The van der Waals surface area contributed by atoms with E-state index >= 15 is 0 Å². The maximum Gasteiger partial charge on any atom is 0.164 e.